The van der Waals surface area contributed by atoms with Crippen molar-refractivity contribution in [2.45, 2.75) is 26.2 Å². The Labute approximate surface area is 73.7 Å². The zero-order valence-corrected chi connectivity index (χ0v) is 7.88. The van der Waals surface area contributed by atoms with E-state index in [9.17, 15) is 4.79 Å². The van der Waals surface area contributed by atoms with Gasteiger partial charge >= 0.3 is 6.09 Å². The normalized spacial score (nSPS) is 16.8. The van der Waals surface area contributed by atoms with Crippen molar-refractivity contribution in [1.82, 2.24) is 4.90 Å². The third-order valence-corrected chi connectivity index (χ3v) is 2.52. The van der Waals surface area contributed by atoms with Crippen LogP contribution in [0.4, 0.5) is 4.79 Å². The van der Waals surface area contributed by atoms with Crippen LogP contribution in [-0.4, -0.2) is 31.2 Å². The molecule has 0 radical (unpaired) electrons. The highest BCUT2D eigenvalue weighted by molar-refractivity contribution is 5.67. The van der Waals surface area contributed by atoms with Crippen LogP contribution in [0.1, 0.15) is 26.2 Å². The molecule has 0 aliphatic heterocycles. The van der Waals surface area contributed by atoms with Crippen molar-refractivity contribution in [3.63, 3.8) is 0 Å². The molecule has 1 aliphatic rings. The van der Waals surface area contributed by atoms with Crippen LogP contribution < -0.4 is 0 Å². The van der Waals surface area contributed by atoms with Gasteiger partial charge in [-0.15, -0.1) is 0 Å². The van der Waals surface area contributed by atoms with E-state index in [0.717, 1.165) is 19.0 Å². The summed E-state index contributed by atoms with van der Waals surface area (Å²) < 4.78 is 4.66. The first-order valence-corrected chi connectivity index (χ1v) is 4.60. The van der Waals surface area contributed by atoms with Crippen molar-refractivity contribution in [3.8, 4) is 0 Å². The number of ether oxygens (including phenoxy) is 1. The topological polar surface area (TPSA) is 29.5 Å². The number of methoxy groups -OCH3 is 1. The van der Waals surface area contributed by atoms with Crippen LogP contribution in [-0.2, 0) is 4.74 Å². The van der Waals surface area contributed by atoms with Crippen molar-refractivity contribution >= 4 is 6.09 Å². The van der Waals surface area contributed by atoms with E-state index in [1.165, 1.54) is 26.4 Å². The van der Waals surface area contributed by atoms with Crippen LogP contribution in [0.5, 0.6) is 0 Å². The average Bonchev–Trinajstić information content (AvgIpc) is 2.02. The lowest BCUT2D eigenvalue weighted by Crippen LogP contribution is -2.37. The van der Waals surface area contributed by atoms with E-state index in [-0.39, 0.29) is 6.09 Å². The molecule has 70 valence electrons. The fourth-order valence-electron chi connectivity index (χ4n) is 1.45. The van der Waals surface area contributed by atoms with Gasteiger partial charge in [-0.05, 0) is 25.7 Å². The maximum absolute atomic E-state index is 11.1. The van der Waals surface area contributed by atoms with Crippen molar-refractivity contribution in [2.24, 2.45) is 5.92 Å². The molecule has 3 heteroatoms. The summed E-state index contributed by atoms with van der Waals surface area (Å²) in [7, 11) is 1.44. The summed E-state index contributed by atoms with van der Waals surface area (Å²) in [6, 6.07) is 0. The Bertz CT molecular complexity index is 155. The second kappa shape index (κ2) is 4.33. The average molecular weight is 171 g/mol. The van der Waals surface area contributed by atoms with Gasteiger partial charge in [-0.3, -0.25) is 0 Å². The molecular formula is C9H17NO2. The maximum atomic E-state index is 11.1. The zero-order chi connectivity index (χ0) is 8.97. The van der Waals surface area contributed by atoms with Gasteiger partial charge in [-0.1, -0.05) is 6.42 Å². The molecule has 12 heavy (non-hydrogen) atoms. The van der Waals surface area contributed by atoms with Gasteiger partial charge < -0.3 is 9.64 Å². The van der Waals surface area contributed by atoms with E-state index in [0.29, 0.717) is 0 Å². The molecule has 0 saturated heterocycles. The largest absolute Gasteiger partial charge is 0.453 e. The third kappa shape index (κ3) is 2.13. The first-order chi connectivity index (χ1) is 5.77. The fourth-order valence-corrected chi connectivity index (χ4v) is 1.45. The quantitative estimate of drug-likeness (QED) is 0.648. The molecule has 0 heterocycles. The van der Waals surface area contributed by atoms with E-state index >= 15 is 0 Å². The van der Waals surface area contributed by atoms with Gasteiger partial charge in [0, 0.05) is 13.1 Å². The van der Waals surface area contributed by atoms with Crippen molar-refractivity contribution in [1.29, 1.82) is 0 Å². The van der Waals surface area contributed by atoms with Gasteiger partial charge in [-0.2, -0.15) is 0 Å². The lowest BCUT2D eigenvalue weighted by molar-refractivity contribution is 0.109. The first kappa shape index (κ1) is 9.36. The Kier molecular flexibility index (Phi) is 3.38. The summed E-state index contributed by atoms with van der Waals surface area (Å²) in [5.74, 6) is 0.726. The summed E-state index contributed by atoms with van der Waals surface area (Å²) >= 11 is 0. The molecule has 0 atom stereocenters. The Hall–Kier alpha value is -0.730. The summed E-state index contributed by atoms with van der Waals surface area (Å²) in [6.07, 6.45) is 3.68. The molecule has 1 aliphatic carbocycles. The number of rotatable bonds is 3. The molecule has 1 amide bonds. The number of hydrogen-bond acceptors (Lipinski definition) is 2. The van der Waals surface area contributed by atoms with Crippen LogP contribution in [0.3, 0.4) is 0 Å². The lowest BCUT2D eigenvalue weighted by Gasteiger charge is -2.30. The summed E-state index contributed by atoms with van der Waals surface area (Å²) in [5.41, 5.74) is 0. The standard InChI is InChI=1S/C9H17NO2/c1-3-10(9(11)12-2)7-8-5-4-6-8/h8H,3-7H2,1-2H3. The first-order valence-electron chi connectivity index (χ1n) is 4.60. The van der Waals surface area contributed by atoms with E-state index in [2.05, 4.69) is 4.74 Å². The monoisotopic (exact) mass is 171 g/mol. The molecule has 0 aromatic rings. The van der Waals surface area contributed by atoms with E-state index < -0.39 is 0 Å². The maximum Gasteiger partial charge on any atom is 0.409 e. The van der Waals surface area contributed by atoms with Gasteiger partial charge in [0.25, 0.3) is 0 Å². The Morgan fingerprint density at radius 2 is 2.25 bits per heavy atom. The molecular weight excluding hydrogens is 154 g/mol. The minimum atomic E-state index is -0.190. The SMILES string of the molecule is CCN(CC1CCC1)C(=O)OC. The molecule has 0 spiro atoms. The molecule has 1 saturated carbocycles. The predicted octanol–water partition coefficient (Wildman–Crippen LogP) is 1.87. The number of carbonyl (C=O) groups excluding carboxylic acids is 1. The zero-order valence-electron chi connectivity index (χ0n) is 7.88. The van der Waals surface area contributed by atoms with Crippen molar-refractivity contribution in [2.75, 3.05) is 20.2 Å². The summed E-state index contributed by atoms with van der Waals surface area (Å²) in [6.45, 7) is 3.61. The summed E-state index contributed by atoms with van der Waals surface area (Å²) in [4.78, 5) is 12.9. The van der Waals surface area contributed by atoms with Crippen molar-refractivity contribution < 1.29 is 9.53 Å². The molecule has 0 aromatic carbocycles. The van der Waals surface area contributed by atoms with Gasteiger partial charge in [0.2, 0.25) is 0 Å². The van der Waals surface area contributed by atoms with E-state index in [1.54, 1.807) is 4.90 Å². The second-order valence-corrected chi connectivity index (χ2v) is 3.31. The van der Waals surface area contributed by atoms with E-state index in [4.69, 9.17) is 0 Å². The molecule has 0 unspecified atom stereocenters. The van der Waals surface area contributed by atoms with Crippen LogP contribution in [0.15, 0.2) is 0 Å². The highest BCUT2D eigenvalue weighted by Gasteiger charge is 2.22. The highest BCUT2D eigenvalue weighted by Crippen LogP contribution is 2.27. The van der Waals surface area contributed by atoms with Crippen LogP contribution in [0.2, 0.25) is 0 Å². The molecule has 3 nitrogen and oxygen atoms in total. The van der Waals surface area contributed by atoms with Gasteiger partial charge in [0.1, 0.15) is 0 Å². The number of nitrogens with zero attached hydrogens (tertiary/aromatic N) is 1. The van der Waals surface area contributed by atoms with Gasteiger partial charge in [0.05, 0.1) is 7.11 Å². The number of hydrogen-bond donors (Lipinski definition) is 0. The number of amides is 1. The van der Waals surface area contributed by atoms with Crippen LogP contribution in [0, 0.1) is 5.92 Å². The van der Waals surface area contributed by atoms with Crippen molar-refractivity contribution in [3.05, 3.63) is 0 Å². The summed E-state index contributed by atoms with van der Waals surface area (Å²) in [5, 5.41) is 0. The molecule has 0 bridgehead atoms. The minimum Gasteiger partial charge on any atom is -0.453 e. The van der Waals surface area contributed by atoms with Crippen LogP contribution in [0.25, 0.3) is 0 Å². The molecule has 1 fully saturated rings. The fraction of sp³-hybridized carbons (Fsp3) is 0.889. The minimum absolute atomic E-state index is 0.190. The predicted molar refractivity (Wildman–Crippen MR) is 47.0 cm³/mol. The Morgan fingerprint density at radius 3 is 2.58 bits per heavy atom. The molecule has 0 aromatic heterocycles. The lowest BCUT2D eigenvalue weighted by atomic mass is 9.85. The third-order valence-electron chi connectivity index (χ3n) is 2.52. The van der Waals surface area contributed by atoms with Gasteiger partial charge in [0.15, 0.2) is 0 Å². The Morgan fingerprint density at radius 1 is 1.58 bits per heavy atom. The number of carbonyl (C=O) groups is 1. The van der Waals surface area contributed by atoms with Gasteiger partial charge in [-0.25, -0.2) is 4.79 Å². The highest BCUT2D eigenvalue weighted by atomic mass is 16.5. The molecule has 0 N–H and O–H groups in total. The Balaban J connectivity index is 2.28. The smallest absolute Gasteiger partial charge is 0.409 e. The second-order valence-electron chi connectivity index (χ2n) is 3.31. The van der Waals surface area contributed by atoms with Crippen LogP contribution >= 0.6 is 0 Å². The van der Waals surface area contributed by atoms with E-state index in [1.807, 2.05) is 6.92 Å². The molecule has 1 rings (SSSR count).